The average molecular weight is 320 g/mol. The number of phenols is 1. The number of nitrogens with two attached hydrogens (primary N) is 2. The second-order valence-electron chi connectivity index (χ2n) is 6.80. The Bertz CT molecular complexity index is 749. The number of ether oxygens (including phenoxy) is 1. The fourth-order valence-corrected chi connectivity index (χ4v) is 2.68. The Balaban J connectivity index is 2.96. The molecule has 0 radical (unpaired) electrons. The minimum atomic E-state index is -0.896. The molecule has 0 bridgehead atoms. The predicted octanol–water partition coefficient (Wildman–Crippen LogP) is 2.70. The molecular formula is C17H24N2O4. The van der Waals surface area contributed by atoms with E-state index in [-0.39, 0.29) is 17.9 Å². The summed E-state index contributed by atoms with van der Waals surface area (Å²) in [5.41, 5.74) is 11.7. The van der Waals surface area contributed by atoms with Crippen LogP contribution in [0.15, 0.2) is 16.5 Å². The van der Waals surface area contributed by atoms with Crippen LogP contribution in [-0.2, 0) is 15.8 Å². The van der Waals surface area contributed by atoms with Crippen LogP contribution >= 0.6 is 0 Å². The van der Waals surface area contributed by atoms with Gasteiger partial charge in [0.1, 0.15) is 22.7 Å². The highest BCUT2D eigenvalue weighted by atomic mass is 16.5. The molecule has 0 fully saturated rings. The lowest BCUT2D eigenvalue weighted by Gasteiger charge is -2.22. The monoisotopic (exact) mass is 320 g/mol. The minimum Gasteiger partial charge on any atom is -0.508 e. The number of carbonyl (C=O) groups is 1. The molecule has 0 aliphatic heterocycles. The first-order valence-electron chi connectivity index (χ1n) is 7.52. The number of esters is 1. The zero-order chi connectivity index (χ0) is 17.6. The van der Waals surface area contributed by atoms with Crippen LogP contribution in [0.5, 0.6) is 5.75 Å². The van der Waals surface area contributed by atoms with Crippen LogP contribution in [0.4, 0.5) is 0 Å². The van der Waals surface area contributed by atoms with E-state index in [1.54, 1.807) is 40.7 Å². The molecule has 0 aliphatic rings. The Morgan fingerprint density at radius 3 is 2.30 bits per heavy atom. The number of carbonyl (C=O) groups excluding carboxylic acids is 1. The van der Waals surface area contributed by atoms with E-state index in [2.05, 4.69) is 0 Å². The summed E-state index contributed by atoms with van der Waals surface area (Å²) in [4.78, 5) is 12.5. The fourth-order valence-electron chi connectivity index (χ4n) is 2.68. The standard InChI is InChI=1S/C17H24N2O4/c1-6-22-15(21)12-11-10(23-14(12)17(4,5)19)8-7-9(20)13(11)16(2,3)18/h7-8,20H,6,18-19H2,1-5H3. The summed E-state index contributed by atoms with van der Waals surface area (Å²) in [5, 5.41) is 10.7. The van der Waals surface area contributed by atoms with Crippen molar-refractivity contribution in [2.75, 3.05) is 6.61 Å². The summed E-state index contributed by atoms with van der Waals surface area (Å²) in [6.45, 7) is 8.91. The lowest BCUT2D eigenvalue weighted by atomic mass is 9.88. The highest BCUT2D eigenvalue weighted by Crippen LogP contribution is 2.41. The molecule has 2 aromatic rings. The van der Waals surface area contributed by atoms with Gasteiger partial charge < -0.3 is 25.7 Å². The first-order valence-corrected chi connectivity index (χ1v) is 7.52. The normalized spacial score (nSPS) is 12.7. The van der Waals surface area contributed by atoms with Crippen LogP contribution in [0.3, 0.4) is 0 Å². The first kappa shape index (κ1) is 17.3. The van der Waals surface area contributed by atoms with E-state index in [4.69, 9.17) is 20.6 Å². The van der Waals surface area contributed by atoms with Gasteiger partial charge in [0.2, 0.25) is 0 Å². The highest BCUT2D eigenvalue weighted by Gasteiger charge is 2.35. The van der Waals surface area contributed by atoms with Crippen molar-refractivity contribution in [3.8, 4) is 5.75 Å². The van der Waals surface area contributed by atoms with Gasteiger partial charge in [-0.05, 0) is 46.8 Å². The number of hydrogen-bond donors (Lipinski definition) is 3. The topological polar surface area (TPSA) is 112 Å². The van der Waals surface area contributed by atoms with Crippen molar-refractivity contribution in [1.29, 1.82) is 0 Å². The Morgan fingerprint density at radius 1 is 1.22 bits per heavy atom. The van der Waals surface area contributed by atoms with Crippen molar-refractivity contribution < 1.29 is 19.1 Å². The Kier molecular flexibility index (Phi) is 4.17. The predicted molar refractivity (Wildman–Crippen MR) is 88.3 cm³/mol. The Morgan fingerprint density at radius 2 is 1.83 bits per heavy atom. The van der Waals surface area contributed by atoms with Crippen molar-refractivity contribution in [3.63, 3.8) is 0 Å². The third kappa shape index (κ3) is 3.04. The molecule has 0 aliphatic carbocycles. The van der Waals surface area contributed by atoms with Crippen LogP contribution in [0, 0.1) is 0 Å². The van der Waals surface area contributed by atoms with E-state index in [0.717, 1.165) is 0 Å². The molecule has 0 saturated carbocycles. The van der Waals surface area contributed by atoms with Crippen molar-refractivity contribution in [1.82, 2.24) is 0 Å². The summed E-state index contributed by atoms with van der Waals surface area (Å²) < 4.78 is 11.0. The van der Waals surface area contributed by atoms with Crippen molar-refractivity contribution in [2.24, 2.45) is 11.5 Å². The van der Waals surface area contributed by atoms with Gasteiger partial charge >= 0.3 is 5.97 Å². The second-order valence-corrected chi connectivity index (χ2v) is 6.80. The summed E-state index contributed by atoms with van der Waals surface area (Å²) in [6, 6.07) is 3.09. The molecule has 0 saturated heterocycles. The molecule has 0 unspecified atom stereocenters. The van der Waals surface area contributed by atoms with E-state index in [9.17, 15) is 9.90 Å². The van der Waals surface area contributed by atoms with E-state index in [0.29, 0.717) is 22.3 Å². The van der Waals surface area contributed by atoms with E-state index in [1.165, 1.54) is 6.07 Å². The number of benzene rings is 1. The Labute approximate surface area is 135 Å². The van der Waals surface area contributed by atoms with Gasteiger partial charge in [0.15, 0.2) is 0 Å². The number of rotatable bonds is 4. The van der Waals surface area contributed by atoms with Gasteiger partial charge in [-0.15, -0.1) is 0 Å². The molecular weight excluding hydrogens is 296 g/mol. The zero-order valence-electron chi connectivity index (χ0n) is 14.2. The van der Waals surface area contributed by atoms with E-state index < -0.39 is 17.0 Å². The van der Waals surface area contributed by atoms with Crippen molar-refractivity contribution in [3.05, 3.63) is 29.0 Å². The smallest absolute Gasteiger partial charge is 0.342 e. The number of hydrogen-bond acceptors (Lipinski definition) is 6. The zero-order valence-corrected chi connectivity index (χ0v) is 14.2. The molecule has 1 aromatic carbocycles. The quantitative estimate of drug-likeness (QED) is 0.747. The number of aromatic hydroxyl groups is 1. The third-order valence-electron chi connectivity index (χ3n) is 3.54. The van der Waals surface area contributed by atoms with E-state index in [1.807, 2.05) is 0 Å². The fraction of sp³-hybridized carbons (Fsp3) is 0.471. The van der Waals surface area contributed by atoms with Gasteiger partial charge in [-0.3, -0.25) is 0 Å². The summed E-state index contributed by atoms with van der Waals surface area (Å²) in [5.74, 6) is -0.240. The summed E-state index contributed by atoms with van der Waals surface area (Å²) in [7, 11) is 0. The van der Waals surface area contributed by atoms with Crippen LogP contribution in [0.1, 0.15) is 56.3 Å². The maximum absolute atomic E-state index is 12.5. The van der Waals surface area contributed by atoms with Gasteiger partial charge in [-0.1, -0.05) is 0 Å². The molecule has 23 heavy (non-hydrogen) atoms. The average Bonchev–Trinajstić information content (AvgIpc) is 2.76. The molecule has 1 heterocycles. The van der Waals surface area contributed by atoms with Gasteiger partial charge in [0.05, 0.1) is 12.1 Å². The second kappa shape index (κ2) is 5.54. The van der Waals surface area contributed by atoms with Crippen LogP contribution < -0.4 is 11.5 Å². The Hall–Kier alpha value is -2.05. The van der Waals surface area contributed by atoms with Crippen LogP contribution in [0.25, 0.3) is 11.0 Å². The lowest BCUT2D eigenvalue weighted by Crippen LogP contribution is -2.31. The van der Waals surface area contributed by atoms with Gasteiger partial charge in [0.25, 0.3) is 0 Å². The SMILES string of the molecule is CCOC(=O)c1c(C(C)(C)N)oc2ccc(O)c(C(C)(C)N)c12. The molecule has 1 aromatic heterocycles. The lowest BCUT2D eigenvalue weighted by molar-refractivity contribution is 0.0523. The highest BCUT2D eigenvalue weighted by molar-refractivity contribution is 6.07. The maximum atomic E-state index is 12.5. The molecule has 6 nitrogen and oxygen atoms in total. The molecule has 5 N–H and O–H groups in total. The van der Waals surface area contributed by atoms with Gasteiger partial charge in [-0.25, -0.2) is 4.79 Å². The third-order valence-corrected chi connectivity index (χ3v) is 3.54. The number of phenolic OH excluding ortho intramolecular Hbond substituents is 1. The molecule has 2 rings (SSSR count). The van der Waals surface area contributed by atoms with Crippen molar-refractivity contribution >= 4 is 16.9 Å². The van der Waals surface area contributed by atoms with Gasteiger partial charge in [-0.2, -0.15) is 0 Å². The largest absolute Gasteiger partial charge is 0.508 e. The molecule has 0 spiro atoms. The number of fused-ring (bicyclic) bond motifs is 1. The minimum absolute atomic E-state index is 0.00211. The van der Waals surface area contributed by atoms with Gasteiger partial charge in [0, 0.05) is 16.5 Å². The maximum Gasteiger partial charge on any atom is 0.342 e. The summed E-state index contributed by atoms with van der Waals surface area (Å²) in [6.07, 6.45) is 0. The molecule has 0 amide bonds. The molecule has 126 valence electrons. The first-order chi connectivity index (χ1) is 10.5. The van der Waals surface area contributed by atoms with E-state index >= 15 is 0 Å². The van der Waals surface area contributed by atoms with Crippen LogP contribution in [0.2, 0.25) is 0 Å². The number of furan rings is 1. The summed E-state index contributed by atoms with van der Waals surface area (Å²) >= 11 is 0. The molecule has 0 atom stereocenters. The van der Waals surface area contributed by atoms with Crippen LogP contribution in [-0.4, -0.2) is 17.7 Å². The van der Waals surface area contributed by atoms with Crippen molar-refractivity contribution in [2.45, 2.75) is 45.7 Å². The molecule has 6 heteroatoms.